The molecule has 0 spiro atoms. The van der Waals surface area contributed by atoms with E-state index in [9.17, 15) is 9.59 Å². The minimum absolute atomic E-state index is 0.0327. The molecule has 0 aliphatic carbocycles. The lowest BCUT2D eigenvalue weighted by molar-refractivity contribution is -0.925. The van der Waals surface area contributed by atoms with E-state index in [-0.39, 0.29) is 18.0 Å². The molecule has 28 heavy (non-hydrogen) atoms. The summed E-state index contributed by atoms with van der Waals surface area (Å²) in [6.45, 7) is 6.74. The van der Waals surface area contributed by atoms with Crippen molar-refractivity contribution in [1.29, 1.82) is 0 Å². The number of hydrogen-bond donors (Lipinski definition) is 2. The van der Waals surface area contributed by atoms with Crippen molar-refractivity contribution in [3.63, 3.8) is 0 Å². The summed E-state index contributed by atoms with van der Waals surface area (Å²) >= 11 is 0. The van der Waals surface area contributed by atoms with Gasteiger partial charge in [-0.15, -0.1) is 0 Å². The van der Waals surface area contributed by atoms with E-state index in [1.54, 1.807) is 11.8 Å². The SMILES string of the molecule is CCOC(=O)N1CC[NH+]([C@H](C(=O)Nc2ccc(C)cc2)c2ccccc2)CC1. The molecule has 1 saturated heterocycles. The largest absolute Gasteiger partial charge is 0.450 e. The minimum Gasteiger partial charge on any atom is -0.450 e. The summed E-state index contributed by atoms with van der Waals surface area (Å²) < 4.78 is 5.10. The maximum atomic E-state index is 13.2. The number of piperazine rings is 1. The third kappa shape index (κ3) is 4.89. The summed E-state index contributed by atoms with van der Waals surface area (Å²) in [5, 5.41) is 3.05. The molecule has 0 radical (unpaired) electrons. The van der Waals surface area contributed by atoms with E-state index in [4.69, 9.17) is 4.74 Å². The Morgan fingerprint density at radius 2 is 1.71 bits per heavy atom. The Labute approximate surface area is 166 Å². The molecular weight excluding hydrogens is 354 g/mol. The predicted octanol–water partition coefficient (Wildman–Crippen LogP) is 2.03. The van der Waals surface area contributed by atoms with Crippen LogP contribution in [0.5, 0.6) is 0 Å². The number of rotatable bonds is 5. The first-order valence-corrected chi connectivity index (χ1v) is 9.77. The van der Waals surface area contributed by atoms with Gasteiger partial charge in [0.25, 0.3) is 5.91 Å². The summed E-state index contributed by atoms with van der Waals surface area (Å²) in [7, 11) is 0. The number of ether oxygens (including phenoxy) is 1. The van der Waals surface area contributed by atoms with Crippen LogP contribution in [0.25, 0.3) is 0 Å². The fourth-order valence-electron chi connectivity index (χ4n) is 3.55. The number of carbonyl (C=O) groups excluding carboxylic acids is 2. The number of hydrogen-bond acceptors (Lipinski definition) is 3. The monoisotopic (exact) mass is 382 g/mol. The average Bonchev–Trinajstić information content (AvgIpc) is 2.71. The van der Waals surface area contributed by atoms with Gasteiger partial charge in [-0.1, -0.05) is 48.0 Å². The van der Waals surface area contributed by atoms with Crippen LogP contribution in [0.4, 0.5) is 10.5 Å². The Balaban J connectivity index is 1.74. The molecule has 2 aromatic carbocycles. The Bertz CT molecular complexity index is 784. The molecule has 0 aromatic heterocycles. The van der Waals surface area contributed by atoms with Gasteiger partial charge >= 0.3 is 6.09 Å². The van der Waals surface area contributed by atoms with E-state index < -0.39 is 0 Å². The van der Waals surface area contributed by atoms with Crippen LogP contribution in [0.15, 0.2) is 54.6 Å². The second kappa shape index (κ2) is 9.37. The zero-order chi connectivity index (χ0) is 19.9. The quantitative estimate of drug-likeness (QED) is 0.832. The minimum atomic E-state index is -0.327. The van der Waals surface area contributed by atoms with Crippen LogP contribution in [0.2, 0.25) is 0 Å². The zero-order valence-electron chi connectivity index (χ0n) is 16.5. The van der Waals surface area contributed by atoms with E-state index in [0.717, 1.165) is 21.7 Å². The summed E-state index contributed by atoms with van der Waals surface area (Å²) in [5.74, 6) is -0.0327. The lowest BCUT2D eigenvalue weighted by Gasteiger charge is -2.35. The van der Waals surface area contributed by atoms with Crippen molar-refractivity contribution in [2.45, 2.75) is 19.9 Å². The molecule has 1 atom stereocenters. The van der Waals surface area contributed by atoms with Gasteiger partial charge in [0.15, 0.2) is 6.04 Å². The Morgan fingerprint density at radius 1 is 1.07 bits per heavy atom. The number of benzene rings is 2. The number of quaternary nitrogens is 1. The van der Waals surface area contributed by atoms with Crippen LogP contribution in [0, 0.1) is 6.92 Å². The van der Waals surface area contributed by atoms with Crippen LogP contribution in [0.1, 0.15) is 24.1 Å². The third-order valence-electron chi connectivity index (χ3n) is 5.05. The topological polar surface area (TPSA) is 63.1 Å². The first-order valence-electron chi connectivity index (χ1n) is 9.77. The summed E-state index contributed by atoms with van der Waals surface area (Å²) in [4.78, 5) is 28.0. The first kappa shape index (κ1) is 19.9. The lowest BCUT2D eigenvalue weighted by Crippen LogP contribution is -3.16. The van der Waals surface area contributed by atoms with E-state index in [1.807, 2.05) is 61.5 Å². The van der Waals surface area contributed by atoms with Gasteiger partial charge in [0, 0.05) is 11.3 Å². The smallest absolute Gasteiger partial charge is 0.410 e. The molecule has 0 saturated carbocycles. The highest BCUT2D eigenvalue weighted by Crippen LogP contribution is 2.15. The van der Waals surface area contributed by atoms with Crippen LogP contribution in [0.3, 0.4) is 0 Å². The molecule has 0 bridgehead atoms. The fraction of sp³-hybridized carbons (Fsp3) is 0.364. The molecule has 3 rings (SSSR count). The van der Waals surface area contributed by atoms with Gasteiger partial charge in [-0.3, -0.25) is 9.69 Å². The van der Waals surface area contributed by atoms with Crippen molar-refractivity contribution in [2.24, 2.45) is 0 Å². The van der Waals surface area contributed by atoms with Gasteiger partial charge in [0.1, 0.15) is 0 Å². The molecule has 148 valence electrons. The molecule has 2 amide bonds. The van der Waals surface area contributed by atoms with E-state index in [2.05, 4.69) is 5.32 Å². The maximum absolute atomic E-state index is 13.2. The van der Waals surface area contributed by atoms with Gasteiger partial charge in [-0.05, 0) is 26.0 Å². The molecule has 2 aromatic rings. The normalized spacial score (nSPS) is 15.7. The van der Waals surface area contributed by atoms with Crippen LogP contribution in [-0.2, 0) is 9.53 Å². The van der Waals surface area contributed by atoms with Gasteiger partial charge in [0.05, 0.1) is 32.8 Å². The predicted molar refractivity (Wildman–Crippen MR) is 108 cm³/mol. The van der Waals surface area contributed by atoms with E-state index in [0.29, 0.717) is 32.8 Å². The van der Waals surface area contributed by atoms with Gasteiger partial charge < -0.3 is 15.0 Å². The maximum Gasteiger partial charge on any atom is 0.410 e. The molecule has 2 N–H and O–H groups in total. The highest BCUT2D eigenvalue weighted by Gasteiger charge is 2.35. The first-order chi connectivity index (χ1) is 13.6. The standard InChI is InChI=1S/C22H27N3O3/c1-3-28-22(27)25-15-13-24(14-16-25)20(18-7-5-4-6-8-18)21(26)23-19-11-9-17(2)10-12-19/h4-12,20H,3,13-16H2,1-2H3,(H,23,26)/p+1/t20-/m0/s1. The number of nitrogens with zero attached hydrogens (tertiary/aromatic N) is 1. The molecule has 1 aliphatic rings. The molecule has 6 heteroatoms. The zero-order valence-corrected chi connectivity index (χ0v) is 16.5. The van der Waals surface area contributed by atoms with Crippen molar-refractivity contribution < 1.29 is 19.2 Å². The molecule has 6 nitrogen and oxygen atoms in total. The highest BCUT2D eigenvalue weighted by molar-refractivity contribution is 5.94. The molecule has 1 heterocycles. The Hall–Kier alpha value is -2.86. The van der Waals surface area contributed by atoms with E-state index >= 15 is 0 Å². The molecular formula is C22H28N3O3+. The number of carbonyl (C=O) groups is 2. The Kier molecular flexibility index (Phi) is 6.66. The summed E-state index contributed by atoms with van der Waals surface area (Å²) in [6, 6.07) is 17.3. The average molecular weight is 382 g/mol. The molecule has 0 unspecified atom stereocenters. The van der Waals surface area contributed by atoms with Crippen LogP contribution < -0.4 is 10.2 Å². The van der Waals surface area contributed by atoms with Crippen molar-refractivity contribution >= 4 is 17.7 Å². The third-order valence-corrected chi connectivity index (χ3v) is 5.05. The van der Waals surface area contributed by atoms with Crippen molar-refractivity contribution in [3.05, 3.63) is 65.7 Å². The number of amides is 2. The van der Waals surface area contributed by atoms with Gasteiger partial charge in [-0.2, -0.15) is 0 Å². The molecule has 1 fully saturated rings. The fourth-order valence-corrected chi connectivity index (χ4v) is 3.55. The Morgan fingerprint density at radius 3 is 2.32 bits per heavy atom. The van der Waals surface area contributed by atoms with Crippen molar-refractivity contribution in [2.75, 3.05) is 38.1 Å². The highest BCUT2D eigenvalue weighted by atomic mass is 16.6. The summed E-state index contributed by atoms with van der Waals surface area (Å²) in [6.07, 6.45) is -0.276. The van der Waals surface area contributed by atoms with E-state index in [1.165, 1.54) is 0 Å². The number of aryl methyl sites for hydroxylation is 1. The number of anilines is 1. The van der Waals surface area contributed by atoms with Gasteiger partial charge in [-0.25, -0.2) is 4.79 Å². The van der Waals surface area contributed by atoms with Crippen molar-refractivity contribution in [3.8, 4) is 0 Å². The van der Waals surface area contributed by atoms with Crippen LogP contribution >= 0.6 is 0 Å². The van der Waals surface area contributed by atoms with Crippen molar-refractivity contribution in [1.82, 2.24) is 4.90 Å². The summed E-state index contributed by atoms with van der Waals surface area (Å²) in [5.41, 5.74) is 2.92. The second-order valence-electron chi connectivity index (χ2n) is 7.04. The lowest BCUT2D eigenvalue weighted by atomic mass is 10.0. The second-order valence-corrected chi connectivity index (χ2v) is 7.04. The van der Waals surface area contributed by atoms with Crippen LogP contribution in [-0.4, -0.2) is 49.7 Å². The number of nitrogens with one attached hydrogen (secondary N) is 2. The van der Waals surface area contributed by atoms with Gasteiger partial charge in [0.2, 0.25) is 0 Å². The molecule has 1 aliphatic heterocycles.